The Bertz CT molecular complexity index is 1180. The predicted molar refractivity (Wildman–Crippen MR) is 161 cm³/mol. The highest BCUT2D eigenvalue weighted by molar-refractivity contribution is 8.01. The van der Waals surface area contributed by atoms with Gasteiger partial charge in [0.15, 0.2) is 8.32 Å². The molecule has 1 saturated heterocycles. The summed E-state index contributed by atoms with van der Waals surface area (Å²) in [6.45, 7) is 12.6. The molecule has 0 bridgehead atoms. The molecule has 1 heterocycles. The van der Waals surface area contributed by atoms with Crippen LogP contribution in [0.5, 0.6) is 0 Å². The second-order valence-corrected chi connectivity index (χ2v) is 17.8. The molecule has 0 radical (unpaired) electrons. The van der Waals surface area contributed by atoms with Gasteiger partial charge in [0, 0.05) is 0 Å². The minimum Gasteiger partial charge on any atom is -0.480 e. The van der Waals surface area contributed by atoms with Gasteiger partial charge in [0.2, 0.25) is 5.91 Å². The maximum Gasteiger partial charge on any atom is 0.323 e. The number of β-lactam (4-membered cyclic amide) rings is 1. The summed E-state index contributed by atoms with van der Waals surface area (Å²) in [5.41, 5.74) is 3.20. The molecular formula is C32H39NO4SSi. The zero-order chi connectivity index (χ0) is 28.4. The number of carbonyl (C=O) groups excluding carboxylic acids is 1. The minimum atomic E-state index is -2.17. The molecule has 0 aliphatic carbocycles. The largest absolute Gasteiger partial charge is 0.480 e. The van der Waals surface area contributed by atoms with Crippen LogP contribution in [0.3, 0.4) is 0 Å². The summed E-state index contributed by atoms with van der Waals surface area (Å²) in [4.78, 5) is 26.9. The van der Waals surface area contributed by atoms with Crippen LogP contribution < -0.4 is 0 Å². The molecule has 1 aliphatic rings. The molecule has 5 nitrogen and oxygen atoms in total. The molecule has 4 rings (SSSR count). The van der Waals surface area contributed by atoms with Crippen molar-refractivity contribution in [1.29, 1.82) is 0 Å². The number of amides is 1. The van der Waals surface area contributed by atoms with Crippen LogP contribution in [0, 0.1) is 5.92 Å². The number of carbonyl (C=O) groups is 2. The van der Waals surface area contributed by atoms with Crippen LogP contribution >= 0.6 is 11.8 Å². The Balaban J connectivity index is 1.85. The molecular weight excluding hydrogens is 523 g/mol. The Morgan fingerprint density at radius 2 is 1.31 bits per heavy atom. The van der Waals surface area contributed by atoms with Crippen molar-refractivity contribution in [2.75, 3.05) is 6.54 Å². The number of aliphatic carboxylic acids is 1. The molecule has 0 spiro atoms. The summed E-state index contributed by atoms with van der Waals surface area (Å²) < 4.78 is 6.04. The van der Waals surface area contributed by atoms with E-state index >= 15 is 0 Å². The van der Waals surface area contributed by atoms with Gasteiger partial charge in [-0.25, -0.2) is 0 Å². The molecule has 2 unspecified atom stereocenters. The molecule has 1 amide bonds. The minimum absolute atomic E-state index is 0.0146. The average molecular weight is 562 g/mol. The van der Waals surface area contributed by atoms with Crippen molar-refractivity contribution < 1.29 is 19.1 Å². The number of likely N-dealkylation sites (tertiary alicyclic amines) is 1. The van der Waals surface area contributed by atoms with Crippen molar-refractivity contribution >= 4 is 32.0 Å². The number of nitrogens with zero attached hydrogens (tertiary/aromatic N) is 1. The lowest BCUT2D eigenvalue weighted by atomic mass is 9.84. The van der Waals surface area contributed by atoms with Crippen molar-refractivity contribution in [2.24, 2.45) is 5.92 Å². The van der Waals surface area contributed by atoms with Crippen molar-refractivity contribution in [2.45, 2.75) is 62.1 Å². The van der Waals surface area contributed by atoms with Crippen molar-refractivity contribution in [1.82, 2.24) is 4.90 Å². The van der Waals surface area contributed by atoms with E-state index in [4.69, 9.17) is 4.43 Å². The van der Waals surface area contributed by atoms with Crippen LogP contribution in [-0.2, 0) is 18.8 Å². The molecule has 39 heavy (non-hydrogen) atoms. The quantitative estimate of drug-likeness (QED) is 0.164. The maximum atomic E-state index is 13.6. The fourth-order valence-electron chi connectivity index (χ4n) is 5.05. The first-order chi connectivity index (χ1) is 18.4. The van der Waals surface area contributed by atoms with Crippen molar-refractivity contribution in [3.63, 3.8) is 0 Å². The van der Waals surface area contributed by atoms with Crippen LogP contribution in [0.1, 0.15) is 44.4 Å². The zero-order valence-electron chi connectivity index (χ0n) is 23.6. The Kier molecular flexibility index (Phi) is 8.45. The van der Waals surface area contributed by atoms with Gasteiger partial charge in [-0.15, -0.1) is 11.8 Å². The van der Waals surface area contributed by atoms with E-state index < -0.39 is 30.3 Å². The number of benzene rings is 3. The zero-order valence-corrected chi connectivity index (χ0v) is 25.4. The standard InChI is InChI=1S/C32H39NO4SSi/c1-23(37-39(5,6)31(2,3)4)28-29(36)33(22-27(34)35)30(28)38-32(24-16-10-7-11-17-24,25-18-12-8-13-19-25)26-20-14-9-15-21-26/h7-21,23,28,30H,22H2,1-6H3,(H,34,35)/t23-,28?,30?/m1/s1. The van der Waals surface area contributed by atoms with Gasteiger partial charge in [0.05, 0.1) is 22.1 Å². The first-order valence-electron chi connectivity index (χ1n) is 13.4. The van der Waals surface area contributed by atoms with E-state index in [2.05, 4.69) is 70.3 Å². The third-order valence-corrected chi connectivity index (χ3v) is 14.5. The monoisotopic (exact) mass is 561 g/mol. The number of thioether (sulfide) groups is 1. The molecule has 1 N–H and O–H groups in total. The molecule has 3 atom stereocenters. The fraction of sp³-hybridized carbons (Fsp3) is 0.375. The van der Waals surface area contributed by atoms with Crippen LogP contribution in [0.25, 0.3) is 0 Å². The summed E-state index contributed by atoms with van der Waals surface area (Å²) in [5, 5.41) is 9.32. The van der Waals surface area contributed by atoms with E-state index in [-0.39, 0.29) is 23.6 Å². The van der Waals surface area contributed by atoms with Gasteiger partial charge in [-0.05, 0) is 41.7 Å². The maximum absolute atomic E-state index is 13.6. The second kappa shape index (κ2) is 11.3. The highest BCUT2D eigenvalue weighted by Gasteiger charge is 2.56. The van der Waals surface area contributed by atoms with Gasteiger partial charge in [-0.2, -0.15) is 0 Å². The Morgan fingerprint density at radius 3 is 1.67 bits per heavy atom. The predicted octanol–water partition coefficient (Wildman–Crippen LogP) is 6.99. The molecule has 7 heteroatoms. The highest BCUT2D eigenvalue weighted by Crippen LogP contribution is 2.55. The Labute approximate surface area is 237 Å². The van der Waals surface area contributed by atoms with Gasteiger partial charge in [0.1, 0.15) is 6.54 Å². The lowest BCUT2D eigenvalue weighted by molar-refractivity contribution is -0.162. The number of hydrogen-bond donors (Lipinski definition) is 1. The van der Waals surface area contributed by atoms with Gasteiger partial charge in [-0.1, -0.05) is 112 Å². The third kappa shape index (κ3) is 5.72. The van der Waals surface area contributed by atoms with Crippen LogP contribution in [0.2, 0.25) is 18.1 Å². The number of carboxylic acids is 1. The number of rotatable bonds is 10. The molecule has 0 aromatic heterocycles. The second-order valence-electron chi connectivity index (χ2n) is 11.8. The highest BCUT2D eigenvalue weighted by atomic mass is 32.2. The fourth-order valence-corrected chi connectivity index (χ4v) is 8.45. The van der Waals surface area contributed by atoms with E-state index in [9.17, 15) is 14.7 Å². The average Bonchev–Trinajstić information content (AvgIpc) is 2.90. The summed E-state index contributed by atoms with van der Waals surface area (Å²) >= 11 is 1.64. The summed E-state index contributed by atoms with van der Waals surface area (Å²) in [6.07, 6.45) is -0.346. The summed E-state index contributed by atoms with van der Waals surface area (Å²) in [6, 6.07) is 30.8. The van der Waals surface area contributed by atoms with Crippen LogP contribution in [0.15, 0.2) is 91.0 Å². The summed E-state index contributed by atoms with van der Waals surface area (Å²) in [7, 11) is -2.17. The van der Waals surface area contributed by atoms with E-state index in [0.717, 1.165) is 16.7 Å². The topological polar surface area (TPSA) is 66.8 Å². The first kappa shape index (κ1) is 29.1. The lowest BCUT2D eigenvalue weighted by Crippen LogP contribution is -2.66. The third-order valence-electron chi connectivity index (χ3n) is 8.12. The van der Waals surface area contributed by atoms with E-state index in [1.54, 1.807) is 11.8 Å². The molecule has 1 fully saturated rings. The van der Waals surface area contributed by atoms with Crippen LogP contribution in [-0.4, -0.2) is 48.2 Å². The Hall–Kier alpha value is -2.87. The van der Waals surface area contributed by atoms with Crippen molar-refractivity contribution in [3.05, 3.63) is 108 Å². The van der Waals surface area contributed by atoms with E-state index in [0.29, 0.717) is 0 Å². The molecule has 1 aliphatic heterocycles. The number of carboxylic acid groups (broad SMARTS) is 1. The Morgan fingerprint density at radius 1 is 0.897 bits per heavy atom. The normalized spacial score (nSPS) is 18.9. The summed E-state index contributed by atoms with van der Waals surface area (Å²) in [5.74, 6) is -1.64. The van der Waals surface area contributed by atoms with Gasteiger partial charge < -0.3 is 14.4 Å². The smallest absolute Gasteiger partial charge is 0.323 e. The first-order valence-corrected chi connectivity index (χ1v) is 17.2. The van der Waals surface area contributed by atoms with Gasteiger partial charge in [-0.3, -0.25) is 9.59 Å². The lowest BCUT2D eigenvalue weighted by Gasteiger charge is -2.53. The number of hydrogen-bond acceptors (Lipinski definition) is 4. The molecule has 206 valence electrons. The molecule has 3 aromatic rings. The molecule has 3 aromatic carbocycles. The SMILES string of the molecule is C[C@@H](O[Si](C)(C)C(C)(C)C)C1C(=O)N(CC(=O)O)C1SC(c1ccccc1)(c1ccccc1)c1ccccc1. The van der Waals surface area contributed by atoms with Gasteiger partial charge >= 0.3 is 5.97 Å². The van der Waals surface area contributed by atoms with E-state index in [1.165, 1.54) is 4.90 Å². The van der Waals surface area contributed by atoms with E-state index in [1.807, 2.05) is 61.5 Å². The van der Waals surface area contributed by atoms with Crippen molar-refractivity contribution in [3.8, 4) is 0 Å². The molecule has 0 saturated carbocycles. The van der Waals surface area contributed by atoms with Gasteiger partial charge in [0.25, 0.3) is 0 Å². The van der Waals surface area contributed by atoms with Crippen LogP contribution in [0.4, 0.5) is 0 Å².